The van der Waals surface area contributed by atoms with E-state index in [1.807, 2.05) is 20.8 Å². The van der Waals surface area contributed by atoms with Crippen molar-refractivity contribution in [3.05, 3.63) is 0 Å². The minimum atomic E-state index is -1.29. The van der Waals surface area contributed by atoms with Gasteiger partial charge in [0.1, 0.15) is 0 Å². The third-order valence-corrected chi connectivity index (χ3v) is 2.49. The Kier molecular flexibility index (Phi) is 2.27. The molecule has 0 aromatic rings. The summed E-state index contributed by atoms with van der Waals surface area (Å²) in [4.78, 5) is 11.4. The quantitative estimate of drug-likeness (QED) is 0.586. The van der Waals surface area contributed by atoms with Gasteiger partial charge in [0.2, 0.25) is 0 Å². The van der Waals surface area contributed by atoms with E-state index in [4.69, 9.17) is 4.74 Å². The van der Waals surface area contributed by atoms with Crippen LogP contribution in [0.2, 0.25) is 0 Å². The van der Waals surface area contributed by atoms with Gasteiger partial charge in [0, 0.05) is 11.8 Å². The highest BCUT2D eigenvalue weighted by Crippen LogP contribution is 2.34. The first-order valence-corrected chi connectivity index (χ1v) is 4.21. The average Bonchev–Trinajstić information content (AvgIpc) is 1.93. The summed E-state index contributed by atoms with van der Waals surface area (Å²) in [5, 5.41) is 10.0. The molecule has 70 valence electrons. The van der Waals surface area contributed by atoms with Crippen LogP contribution in [0.4, 0.5) is 0 Å². The minimum Gasteiger partial charge on any atom is -0.379 e. The second-order valence-electron chi connectivity index (χ2n) is 4.34. The van der Waals surface area contributed by atoms with Gasteiger partial charge >= 0.3 is 0 Å². The molecule has 3 nitrogen and oxygen atoms in total. The lowest BCUT2D eigenvalue weighted by Crippen LogP contribution is -2.56. The second kappa shape index (κ2) is 2.82. The lowest BCUT2D eigenvalue weighted by molar-refractivity contribution is -0.172. The van der Waals surface area contributed by atoms with E-state index < -0.39 is 11.0 Å². The number of carbonyl (C=O) groups excluding carboxylic acids is 1. The number of aliphatic hydroxyl groups is 1. The first-order chi connectivity index (χ1) is 5.38. The van der Waals surface area contributed by atoms with E-state index in [1.165, 1.54) is 0 Å². The lowest BCUT2D eigenvalue weighted by atomic mass is 9.73. The third kappa shape index (κ3) is 1.39. The number of ether oxygens (including phenoxy) is 1. The number of carbonyl (C=O) groups is 1. The van der Waals surface area contributed by atoms with Crippen LogP contribution >= 0.6 is 0 Å². The molecule has 0 spiro atoms. The van der Waals surface area contributed by atoms with Crippen molar-refractivity contribution in [2.45, 2.75) is 32.8 Å². The van der Waals surface area contributed by atoms with Gasteiger partial charge in [0.05, 0.1) is 13.2 Å². The highest BCUT2D eigenvalue weighted by molar-refractivity contribution is 5.88. The molecular weight excluding hydrogens is 156 g/mol. The van der Waals surface area contributed by atoms with E-state index in [9.17, 15) is 9.90 Å². The van der Waals surface area contributed by atoms with Crippen molar-refractivity contribution < 1.29 is 14.6 Å². The maximum atomic E-state index is 11.4. The Morgan fingerprint density at radius 2 is 2.08 bits per heavy atom. The van der Waals surface area contributed by atoms with Gasteiger partial charge in [-0.1, -0.05) is 20.8 Å². The summed E-state index contributed by atoms with van der Waals surface area (Å²) in [5.41, 5.74) is -1.73. The van der Waals surface area contributed by atoms with Crippen LogP contribution in [0.15, 0.2) is 0 Å². The van der Waals surface area contributed by atoms with Crippen molar-refractivity contribution in [2.24, 2.45) is 5.41 Å². The molecule has 1 atom stereocenters. The molecule has 1 fully saturated rings. The molecule has 0 radical (unpaired) electrons. The van der Waals surface area contributed by atoms with Crippen LogP contribution in [-0.4, -0.2) is 29.7 Å². The van der Waals surface area contributed by atoms with Crippen LogP contribution in [0.1, 0.15) is 27.2 Å². The lowest BCUT2D eigenvalue weighted by Gasteiger charge is -2.40. The Morgan fingerprint density at radius 3 is 2.42 bits per heavy atom. The molecule has 0 aromatic carbocycles. The Balaban J connectivity index is 2.87. The Labute approximate surface area is 72.7 Å². The van der Waals surface area contributed by atoms with Crippen LogP contribution in [-0.2, 0) is 9.53 Å². The zero-order valence-electron chi connectivity index (χ0n) is 7.89. The van der Waals surface area contributed by atoms with E-state index in [0.29, 0.717) is 13.0 Å². The van der Waals surface area contributed by atoms with E-state index in [2.05, 4.69) is 0 Å². The maximum Gasteiger partial charge on any atom is 0.169 e. The normalized spacial score (nSPS) is 32.2. The standard InChI is InChI=1S/C9H16O3/c1-8(2,3)9(11)6-12-5-4-7(9)10/h11H,4-6H2,1-3H3/t9-/m1/s1. The summed E-state index contributed by atoms with van der Waals surface area (Å²) in [6.45, 7) is 6.12. The van der Waals surface area contributed by atoms with Crippen molar-refractivity contribution in [1.82, 2.24) is 0 Å². The molecule has 1 heterocycles. The van der Waals surface area contributed by atoms with E-state index in [-0.39, 0.29) is 12.4 Å². The van der Waals surface area contributed by atoms with Crippen molar-refractivity contribution in [1.29, 1.82) is 0 Å². The van der Waals surface area contributed by atoms with E-state index in [1.54, 1.807) is 0 Å². The highest BCUT2D eigenvalue weighted by Gasteiger charge is 2.48. The van der Waals surface area contributed by atoms with Gasteiger partial charge in [-0.2, -0.15) is 0 Å². The number of rotatable bonds is 0. The molecule has 0 saturated carbocycles. The van der Waals surface area contributed by atoms with Gasteiger partial charge in [-0.25, -0.2) is 0 Å². The van der Waals surface area contributed by atoms with Gasteiger partial charge in [-0.05, 0) is 0 Å². The highest BCUT2D eigenvalue weighted by atomic mass is 16.5. The molecule has 0 bridgehead atoms. The summed E-state index contributed by atoms with van der Waals surface area (Å²) in [7, 11) is 0. The molecule has 1 rings (SSSR count). The molecule has 1 aliphatic heterocycles. The van der Waals surface area contributed by atoms with Gasteiger partial charge < -0.3 is 9.84 Å². The zero-order chi connectivity index (χ0) is 9.41. The Bertz CT molecular complexity index is 192. The minimum absolute atomic E-state index is 0.0961. The number of Topliss-reactive ketones (excluding diaryl/α,β-unsaturated/α-hetero) is 1. The van der Waals surface area contributed by atoms with Gasteiger partial charge in [0.25, 0.3) is 0 Å². The molecular formula is C9H16O3. The Morgan fingerprint density at radius 1 is 1.50 bits per heavy atom. The molecule has 0 unspecified atom stereocenters. The first kappa shape index (κ1) is 9.68. The maximum absolute atomic E-state index is 11.4. The summed E-state index contributed by atoms with van der Waals surface area (Å²) < 4.78 is 5.11. The zero-order valence-corrected chi connectivity index (χ0v) is 7.89. The number of hydrogen-bond donors (Lipinski definition) is 1. The summed E-state index contributed by atoms with van der Waals surface area (Å²) >= 11 is 0. The van der Waals surface area contributed by atoms with Gasteiger partial charge in [-0.3, -0.25) is 4.79 Å². The molecule has 0 amide bonds. The van der Waals surface area contributed by atoms with Crippen molar-refractivity contribution in [3.63, 3.8) is 0 Å². The fourth-order valence-electron chi connectivity index (χ4n) is 1.31. The average molecular weight is 172 g/mol. The van der Waals surface area contributed by atoms with Crippen LogP contribution in [0.25, 0.3) is 0 Å². The van der Waals surface area contributed by atoms with Crippen molar-refractivity contribution in [3.8, 4) is 0 Å². The van der Waals surface area contributed by atoms with Crippen molar-refractivity contribution >= 4 is 5.78 Å². The summed E-state index contributed by atoms with van der Waals surface area (Å²) in [5.74, 6) is -0.0961. The first-order valence-electron chi connectivity index (χ1n) is 4.21. The van der Waals surface area contributed by atoms with E-state index >= 15 is 0 Å². The molecule has 0 aliphatic carbocycles. The Hall–Kier alpha value is -0.410. The molecule has 0 aromatic heterocycles. The third-order valence-electron chi connectivity index (χ3n) is 2.49. The van der Waals surface area contributed by atoms with Crippen LogP contribution in [0.3, 0.4) is 0 Å². The molecule has 1 aliphatic rings. The molecule has 1 N–H and O–H groups in total. The monoisotopic (exact) mass is 172 g/mol. The second-order valence-corrected chi connectivity index (χ2v) is 4.34. The number of ketones is 1. The van der Waals surface area contributed by atoms with Crippen LogP contribution < -0.4 is 0 Å². The largest absolute Gasteiger partial charge is 0.379 e. The van der Waals surface area contributed by atoms with Crippen LogP contribution in [0, 0.1) is 5.41 Å². The van der Waals surface area contributed by atoms with Gasteiger partial charge in [-0.15, -0.1) is 0 Å². The van der Waals surface area contributed by atoms with Crippen molar-refractivity contribution in [2.75, 3.05) is 13.2 Å². The predicted octanol–water partition coefficient (Wildman–Crippen LogP) is 0.753. The molecule has 1 saturated heterocycles. The predicted molar refractivity (Wildman–Crippen MR) is 44.8 cm³/mol. The van der Waals surface area contributed by atoms with Crippen LogP contribution in [0.5, 0.6) is 0 Å². The van der Waals surface area contributed by atoms with E-state index in [0.717, 1.165) is 0 Å². The van der Waals surface area contributed by atoms with Gasteiger partial charge in [0.15, 0.2) is 11.4 Å². The summed E-state index contributed by atoms with van der Waals surface area (Å²) in [6.07, 6.45) is 0.327. The molecule has 3 heteroatoms. The summed E-state index contributed by atoms with van der Waals surface area (Å²) in [6, 6.07) is 0. The molecule has 12 heavy (non-hydrogen) atoms. The SMILES string of the molecule is CC(C)(C)[C@@]1(O)COCCC1=O. The fraction of sp³-hybridized carbons (Fsp3) is 0.889. The topological polar surface area (TPSA) is 46.5 Å². The smallest absolute Gasteiger partial charge is 0.169 e. The number of hydrogen-bond acceptors (Lipinski definition) is 3. The fourth-order valence-corrected chi connectivity index (χ4v) is 1.31.